The van der Waals surface area contributed by atoms with Crippen LogP contribution in [-0.2, 0) is 4.79 Å². The first-order valence-electron chi connectivity index (χ1n) is 4.88. The molecule has 0 radical (unpaired) electrons. The molecule has 0 spiro atoms. The summed E-state index contributed by atoms with van der Waals surface area (Å²) in [5, 5.41) is 8.79. The Labute approximate surface area is 103 Å². The van der Waals surface area contributed by atoms with Gasteiger partial charge in [0.2, 0.25) is 0 Å². The summed E-state index contributed by atoms with van der Waals surface area (Å²) in [6.45, 7) is 1.67. The third-order valence-corrected chi connectivity index (χ3v) is 2.84. The number of aryl methyl sites for hydroxylation is 1. The Morgan fingerprint density at radius 1 is 1.71 bits per heavy atom. The average Bonchev–Trinajstić information content (AvgIpc) is 2.23. The van der Waals surface area contributed by atoms with Crippen molar-refractivity contribution in [3.8, 4) is 5.75 Å². The van der Waals surface area contributed by atoms with Gasteiger partial charge in [0.05, 0.1) is 18.6 Å². The number of benzene rings is 1. The van der Waals surface area contributed by atoms with Gasteiger partial charge in [0.15, 0.2) is 11.6 Å². The fourth-order valence-corrected chi connectivity index (χ4v) is 1.73. The summed E-state index contributed by atoms with van der Waals surface area (Å²) in [6.07, 6.45) is -0.360. The Kier molecular flexibility index (Phi) is 4.31. The molecule has 17 heavy (non-hydrogen) atoms. The van der Waals surface area contributed by atoms with E-state index in [9.17, 15) is 9.18 Å². The summed E-state index contributed by atoms with van der Waals surface area (Å²) in [4.78, 5) is 10.5. The van der Waals surface area contributed by atoms with Gasteiger partial charge in [0.1, 0.15) is 0 Å². The van der Waals surface area contributed by atoms with Gasteiger partial charge >= 0.3 is 5.97 Å². The largest absolute Gasteiger partial charge is 0.492 e. The van der Waals surface area contributed by atoms with Gasteiger partial charge in [0.25, 0.3) is 0 Å². The molecule has 0 aliphatic carbocycles. The maximum absolute atomic E-state index is 13.9. The molecule has 1 aromatic carbocycles. The van der Waals surface area contributed by atoms with Gasteiger partial charge in [-0.05, 0) is 18.6 Å². The van der Waals surface area contributed by atoms with E-state index in [0.717, 1.165) is 0 Å². The molecule has 1 unspecified atom stereocenters. The second kappa shape index (κ2) is 5.33. The molecule has 1 atom stereocenters. The van der Waals surface area contributed by atoms with Crippen LogP contribution >= 0.6 is 11.6 Å². The lowest BCUT2D eigenvalue weighted by Crippen LogP contribution is -2.17. The topological polar surface area (TPSA) is 72.5 Å². The summed E-state index contributed by atoms with van der Waals surface area (Å²) in [5.74, 6) is -1.91. The molecule has 1 rings (SSSR count). The average molecular weight is 262 g/mol. The highest BCUT2D eigenvalue weighted by Crippen LogP contribution is 2.35. The summed E-state index contributed by atoms with van der Waals surface area (Å²) < 4.78 is 18.8. The molecule has 0 amide bonds. The number of carboxylic acids is 1. The number of aliphatic carboxylic acids is 1. The standard InChI is InChI=1S/C11H13ClFNO3/c1-5-3-6(7(14)4-8(15)16)10(13)11(17-2)9(5)12/h3,7H,4,14H2,1-2H3,(H,15,16). The lowest BCUT2D eigenvalue weighted by molar-refractivity contribution is -0.137. The Hall–Kier alpha value is -1.33. The summed E-state index contributed by atoms with van der Waals surface area (Å²) in [6, 6.07) is 0.505. The zero-order valence-corrected chi connectivity index (χ0v) is 10.2. The zero-order valence-electron chi connectivity index (χ0n) is 9.46. The first-order chi connectivity index (χ1) is 7.88. The van der Waals surface area contributed by atoms with Crippen LogP contribution in [0.2, 0.25) is 5.02 Å². The second-order valence-electron chi connectivity index (χ2n) is 3.65. The zero-order chi connectivity index (χ0) is 13.2. The first-order valence-corrected chi connectivity index (χ1v) is 5.26. The van der Waals surface area contributed by atoms with Crippen molar-refractivity contribution in [2.45, 2.75) is 19.4 Å². The molecule has 0 aliphatic rings. The van der Waals surface area contributed by atoms with Crippen LogP contribution in [0.15, 0.2) is 6.07 Å². The van der Waals surface area contributed by atoms with E-state index in [0.29, 0.717) is 5.56 Å². The SMILES string of the molecule is COc1c(F)c(C(N)CC(=O)O)cc(C)c1Cl. The Morgan fingerprint density at radius 2 is 2.29 bits per heavy atom. The third-order valence-electron chi connectivity index (χ3n) is 2.37. The highest BCUT2D eigenvalue weighted by Gasteiger charge is 2.21. The van der Waals surface area contributed by atoms with Gasteiger partial charge in [0, 0.05) is 11.6 Å². The molecule has 0 saturated heterocycles. The first kappa shape index (κ1) is 13.7. The van der Waals surface area contributed by atoms with Crippen LogP contribution in [0.25, 0.3) is 0 Å². The van der Waals surface area contributed by atoms with E-state index in [1.165, 1.54) is 13.2 Å². The van der Waals surface area contributed by atoms with Crippen LogP contribution in [0.3, 0.4) is 0 Å². The summed E-state index contributed by atoms with van der Waals surface area (Å²) in [5.41, 5.74) is 6.29. The van der Waals surface area contributed by atoms with E-state index >= 15 is 0 Å². The molecule has 4 nitrogen and oxygen atoms in total. The highest BCUT2D eigenvalue weighted by molar-refractivity contribution is 6.32. The molecule has 0 saturated carbocycles. The molecular weight excluding hydrogens is 249 g/mol. The fraction of sp³-hybridized carbons (Fsp3) is 0.364. The van der Waals surface area contributed by atoms with E-state index in [1.54, 1.807) is 6.92 Å². The number of ether oxygens (including phenoxy) is 1. The monoisotopic (exact) mass is 261 g/mol. The molecule has 6 heteroatoms. The molecule has 1 aromatic rings. The minimum absolute atomic E-state index is 0.0890. The number of methoxy groups -OCH3 is 1. The molecule has 3 N–H and O–H groups in total. The Balaban J connectivity index is 3.25. The molecule has 0 aromatic heterocycles. The van der Waals surface area contributed by atoms with Crippen molar-refractivity contribution in [3.63, 3.8) is 0 Å². The Morgan fingerprint density at radius 3 is 2.76 bits per heavy atom. The van der Waals surface area contributed by atoms with Crippen molar-refractivity contribution in [1.82, 2.24) is 0 Å². The van der Waals surface area contributed by atoms with Gasteiger partial charge in [-0.3, -0.25) is 4.79 Å². The van der Waals surface area contributed by atoms with Crippen molar-refractivity contribution >= 4 is 17.6 Å². The molecule has 0 bridgehead atoms. The van der Waals surface area contributed by atoms with Crippen molar-refractivity contribution < 1.29 is 19.0 Å². The number of halogens is 2. The minimum Gasteiger partial charge on any atom is -0.492 e. The molecule has 94 valence electrons. The predicted octanol–water partition coefficient (Wildman–Crippen LogP) is 2.27. The van der Waals surface area contributed by atoms with Crippen molar-refractivity contribution in [1.29, 1.82) is 0 Å². The van der Waals surface area contributed by atoms with Crippen LogP contribution in [0.5, 0.6) is 5.75 Å². The molecule has 0 aliphatic heterocycles. The molecule has 0 heterocycles. The highest BCUT2D eigenvalue weighted by atomic mass is 35.5. The van der Waals surface area contributed by atoms with E-state index in [2.05, 4.69) is 0 Å². The number of carbonyl (C=O) groups is 1. The van der Waals surface area contributed by atoms with Gasteiger partial charge < -0.3 is 15.6 Å². The van der Waals surface area contributed by atoms with E-state index in [1.807, 2.05) is 0 Å². The minimum atomic E-state index is -1.09. The maximum atomic E-state index is 13.9. The quantitative estimate of drug-likeness (QED) is 0.872. The number of hydrogen-bond donors (Lipinski definition) is 2. The van der Waals surface area contributed by atoms with Gasteiger partial charge in [-0.1, -0.05) is 11.6 Å². The second-order valence-corrected chi connectivity index (χ2v) is 4.03. The van der Waals surface area contributed by atoms with Gasteiger partial charge in [-0.25, -0.2) is 4.39 Å². The number of hydrogen-bond acceptors (Lipinski definition) is 3. The van der Waals surface area contributed by atoms with Crippen molar-refractivity contribution in [2.24, 2.45) is 5.73 Å². The predicted molar refractivity (Wildman–Crippen MR) is 61.9 cm³/mol. The lowest BCUT2D eigenvalue weighted by atomic mass is 10.0. The third kappa shape index (κ3) is 2.87. The number of nitrogens with two attached hydrogens (primary N) is 1. The van der Waals surface area contributed by atoms with E-state index < -0.39 is 17.8 Å². The maximum Gasteiger partial charge on any atom is 0.305 e. The van der Waals surface area contributed by atoms with Crippen LogP contribution in [0.1, 0.15) is 23.6 Å². The summed E-state index contributed by atoms with van der Waals surface area (Å²) in [7, 11) is 1.29. The van der Waals surface area contributed by atoms with Crippen LogP contribution in [0, 0.1) is 12.7 Å². The lowest BCUT2D eigenvalue weighted by Gasteiger charge is -2.15. The smallest absolute Gasteiger partial charge is 0.305 e. The van der Waals surface area contributed by atoms with Gasteiger partial charge in [-0.2, -0.15) is 0 Å². The molecule has 0 fully saturated rings. The Bertz CT molecular complexity index is 451. The van der Waals surface area contributed by atoms with E-state index in [-0.39, 0.29) is 22.8 Å². The van der Waals surface area contributed by atoms with Crippen LogP contribution in [-0.4, -0.2) is 18.2 Å². The van der Waals surface area contributed by atoms with E-state index in [4.69, 9.17) is 27.2 Å². The molecular formula is C11H13ClFNO3. The van der Waals surface area contributed by atoms with Crippen molar-refractivity contribution in [2.75, 3.05) is 7.11 Å². The summed E-state index contributed by atoms with van der Waals surface area (Å²) >= 11 is 5.86. The fourth-order valence-electron chi connectivity index (χ4n) is 1.51. The normalized spacial score (nSPS) is 12.3. The number of rotatable bonds is 4. The van der Waals surface area contributed by atoms with Gasteiger partial charge in [-0.15, -0.1) is 0 Å². The van der Waals surface area contributed by atoms with Crippen LogP contribution in [0.4, 0.5) is 4.39 Å². The van der Waals surface area contributed by atoms with Crippen LogP contribution < -0.4 is 10.5 Å². The van der Waals surface area contributed by atoms with Crippen molar-refractivity contribution in [3.05, 3.63) is 28.0 Å². The number of carboxylic acid groups (broad SMARTS) is 1.